The van der Waals surface area contributed by atoms with E-state index in [0.717, 1.165) is 16.7 Å². The Morgan fingerprint density at radius 1 is 1.29 bits per heavy atom. The summed E-state index contributed by atoms with van der Waals surface area (Å²) in [7, 11) is 0. The van der Waals surface area contributed by atoms with Crippen LogP contribution in [-0.2, 0) is 9.59 Å². The molecule has 0 bridgehead atoms. The molecule has 0 radical (unpaired) electrons. The summed E-state index contributed by atoms with van der Waals surface area (Å²) < 4.78 is 13.3. The lowest BCUT2D eigenvalue weighted by molar-refractivity contribution is -0.139. The molecule has 21 heavy (non-hydrogen) atoms. The molecule has 2 aliphatic rings. The Morgan fingerprint density at radius 2 is 2.10 bits per heavy atom. The predicted molar refractivity (Wildman–Crippen MR) is 75.3 cm³/mol. The minimum absolute atomic E-state index is 0.202. The van der Waals surface area contributed by atoms with Gasteiger partial charge in [-0.15, -0.1) is 0 Å². The summed E-state index contributed by atoms with van der Waals surface area (Å²) in [6.07, 6.45) is 0.716. The fraction of sp³-hybridized carbons (Fsp3) is 0.357. The van der Waals surface area contributed by atoms with E-state index in [-0.39, 0.29) is 11.6 Å². The fourth-order valence-corrected chi connectivity index (χ4v) is 3.83. The molecule has 2 unspecified atom stereocenters. The number of rotatable bonds is 2. The van der Waals surface area contributed by atoms with Gasteiger partial charge in [0, 0.05) is 5.75 Å². The summed E-state index contributed by atoms with van der Waals surface area (Å²) in [6, 6.07) is 4.47. The molecule has 4 amide bonds. The smallest absolute Gasteiger partial charge is 0.277 e. The molecule has 5 nitrogen and oxygen atoms in total. The maximum Gasteiger partial charge on any atom is 0.331 e. The first-order valence-electron chi connectivity index (χ1n) is 6.59. The van der Waals surface area contributed by atoms with Crippen molar-refractivity contribution in [2.45, 2.75) is 18.4 Å². The molecule has 1 aromatic rings. The van der Waals surface area contributed by atoms with Crippen molar-refractivity contribution >= 4 is 29.6 Å². The molecule has 0 spiro atoms. The van der Waals surface area contributed by atoms with Crippen molar-refractivity contribution in [1.29, 1.82) is 0 Å². The van der Waals surface area contributed by atoms with E-state index in [2.05, 4.69) is 5.32 Å². The summed E-state index contributed by atoms with van der Waals surface area (Å²) in [5.41, 5.74) is 0.264. The van der Waals surface area contributed by atoms with Crippen LogP contribution in [0.5, 0.6) is 0 Å². The van der Waals surface area contributed by atoms with Gasteiger partial charge in [0.15, 0.2) is 0 Å². The van der Waals surface area contributed by atoms with Gasteiger partial charge in [-0.1, -0.05) is 12.1 Å². The average Bonchev–Trinajstić information content (AvgIpc) is 2.92. The van der Waals surface area contributed by atoms with Crippen molar-refractivity contribution in [2.75, 3.05) is 11.5 Å². The van der Waals surface area contributed by atoms with Gasteiger partial charge in [0.1, 0.15) is 11.7 Å². The molecular formula is C14H13FN2O3S. The van der Waals surface area contributed by atoms with Crippen LogP contribution in [0.3, 0.4) is 0 Å². The molecule has 2 fully saturated rings. The van der Waals surface area contributed by atoms with E-state index in [1.165, 1.54) is 18.2 Å². The van der Waals surface area contributed by atoms with Gasteiger partial charge in [-0.2, -0.15) is 11.8 Å². The summed E-state index contributed by atoms with van der Waals surface area (Å²) >= 11 is 1.66. The molecule has 2 saturated heterocycles. The highest BCUT2D eigenvalue weighted by Gasteiger charge is 2.45. The van der Waals surface area contributed by atoms with Gasteiger partial charge in [-0.3, -0.25) is 19.8 Å². The highest BCUT2D eigenvalue weighted by molar-refractivity contribution is 7.99. The van der Waals surface area contributed by atoms with Crippen LogP contribution in [-0.4, -0.2) is 40.3 Å². The molecular weight excluding hydrogens is 295 g/mol. The monoisotopic (exact) mass is 308 g/mol. The van der Waals surface area contributed by atoms with E-state index in [1.54, 1.807) is 11.8 Å². The van der Waals surface area contributed by atoms with Crippen molar-refractivity contribution in [3.63, 3.8) is 0 Å². The Bertz CT molecular complexity index is 616. The van der Waals surface area contributed by atoms with Gasteiger partial charge in [0.25, 0.3) is 0 Å². The standard InChI is InChI=1S/C14H13FN2O3S/c15-9-3-1-2-8(6-9)11-12(18)16-14(20)17(13(11)19)10-4-5-21-7-10/h1-3,6,10-11H,4-5,7H2,(H,16,18,20). The van der Waals surface area contributed by atoms with Crippen molar-refractivity contribution in [2.24, 2.45) is 0 Å². The van der Waals surface area contributed by atoms with Crippen LogP contribution in [0.25, 0.3) is 0 Å². The number of thioether (sulfide) groups is 1. The second kappa shape index (κ2) is 5.48. The third-order valence-electron chi connectivity index (χ3n) is 3.65. The lowest BCUT2D eigenvalue weighted by Crippen LogP contribution is -2.60. The molecule has 110 valence electrons. The van der Waals surface area contributed by atoms with E-state index >= 15 is 0 Å². The number of nitrogens with zero attached hydrogens (tertiary/aromatic N) is 1. The maximum atomic E-state index is 13.3. The number of carbonyl (C=O) groups is 3. The second-order valence-corrected chi connectivity index (χ2v) is 6.16. The number of amides is 4. The number of imide groups is 2. The first kappa shape index (κ1) is 14.1. The lowest BCUT2D eigenvalue weighted by Gasteiger charge is -2.33. The third kappa shape index (κ3) is 2.53. The Hall–Kier alpha value is -1.89. The van der Waals surface area contributed by atoms with Crippen LogP contribution >= 0.6 is 11.8 Å². The molecule has 2 atom stereocenters. The number of nitrogens with one attached hydrogen (secondary N) is 1. The quantitative estimate of drug-likeness (QED) is 0.841. The Labute approximate surface area is 124 Å². The number of urea groups is 1. The molecule has 0 aromatic heterocycles. The average molecular weight is 308 g/mol. The SMILES string of the molecule is O=C1NC(=O)N(C2CCSC2)C(=O)C1c1cccc(F)c1. The number of halogens is 1. The van der Waals surface area contributed by atoms with Crippen LogP contribution in [0.15, 0.2) is 24.3 Å². The number of carbonyl (C=O) groups excluding carboxylic acids is 3. The molecule has 2 heterocycles. The normalized spacial score (nSPS) is 26.1. The topological polar surface area (TPSA) is 66.5 Å². The van der Waals surface area contributed by atoms with E-state index in [9.17, 15) is 18.8 Å². The number of barbiturate groups is 1. The van der Waals surface area contributed by atoms with Crippen molar-refractivity contribution in [3.05, 3.63) is 35.6 Å². The van der Waals surface area contributed by atoms with Gasteiger partial charge in [0.05, 0.1) is 6.04 Å². The van der Waals surface area contributed by atoms with Crippen LogP contribution in [0.4, 0.5) is 9.18 Å². The highest BCUT2D eigenvalue weighted by atomic mass is 32.2. The molecule has 1 aromatic carbocycles. The fourth-order valence-electron chi connectivity index (χ4n) is 2.64. The number of benzene rings is 1. The first-order valence-corrected chi connectivity index (χ1v) is 7.74. The lowest BCUT2D eigenvalue weighted by atomic mass is 9.94. The van der Waals surface area contributed by atoms with Gasteiger partial charge in [-0.05, 0) is 29.9 Å². The molecule has 1 N–H and O–H groups in total. The minimum atomic E-state index is -1.16. The van der Waals surface area contributed by atoms with Crippen LogP contribution in [0, 0.1) is 5.82 Å². The Balaban J connectivity index is 1.94. The zero-order valence-electron chi connectivity index (χ0n) is 11.0. The van der Waals surface area contributed by atoms with Crippen molar-refractivity contribution in [3.8, 4) is 0 Å². The first-order chi connectivity index (χ1) is 10.1. The minimum Gasteiger partial charge on any atom is -0.277 e. The molecule has 2 aliphatic heterocycles. The second-order valence-electron chi connectivity index (χ2n) is 5.01. The van der Waals surface area contributed by atoms with Crippen LogP contribution < -0.4 is 5.32 Å². The molecule has 0 aliphatic carbocycles. The van der Waals surface area contributed by atoms with E-state index < -0.39 is 29.6 Å². The van der Waals surface area contributed by atoms with Crippen LogP contribution in [0.1, 0.15) is 17.9 Å². The van der Waals surface area contributed by atoms with E-state index in [4.69, 9.17) is 0 Å². The van der Waals surface area contributed by atoms with Gasteiger partial charge in [-0.25, -0.2) is 9.18 Å². The van der Waals surface area contributed by atoms with E-state index in [1.807, 2.05) is 0 Å². The zero-order chi connectivity index (χ0) is 15.0. The van der Waals surface area contributed by atoms with E-state index in [0.29, 0.717) is 12.2 Å². The van der Waals surface area contributed by atoms with Crippen molar-refractivity contribution < 1.29 is 18.8 Å². The number of hydrogen-bond acceptors (Lipinski definition) is 4. The molecule has 3 rings (SSSR count). The predicted octanol–water partition coefficient (Wildman–Crippen LogP) is 1.49. The summed E-state index contributed by atoms with van der Waals surface area (Å²) in [5.74, 6) is -1.40. The Kier molecular flexibility index (Phi) is 3.67. The summed E-state index contributed by atoms with van der Waals surface area (Å²) in [4.78, 5) is 37.6. The summed E-state index contributed by atoms with van der Waals surface area (Å²) in [6.45, 7) is 0. The Morgan fingerprint density at radius 3 is 2.76 bits per heavy atom. The number of hydrogen-bond donors (Lipinski definition) is 1. The largest absolute Gasteiger partial charge is 0.331 e. The van der Waals surface area contributed by atoms with Crippen molar-refractivity contribution in [1.82, 2.24) is 10.2 Å². The molecule has 0 saturated carbocycles. The zero-order valence-corrected chi connectivity index (χ0v) is 11.9. The van der Waals surface area contributed by atoms with Gasteiger partial charge in [0.2, 0.25) is 11.8 Å². The highest BCUT2D eigenvalue weighted by Crippen LogP contribution is 2.29. The van der Waals surface area contributed by atoms with Gasteiger partial charge >= 0.3 is 6.03 Å². The third-order valence-corrected chi connectivity index (χ3v) is 4.79. The van der Waals surface area contributed by atoms with Crippen LogP contribution in [0.2, 0.25) is 0 Å². The molecule has 7 heteroatoms. The summed E-state index contributed by atoms with van der Waals surface area (Å²) in [5, 5.41) is 2.20. The maximum absolute atomic E-state index is 13.3. The van der Waals surface area contributed by atoms with Gasteiger partial charge < -0.3 is 0 Å².